The van der Waals surface area contributed by atoms with Crippen molar-refractivity contribution in [2.24, 2.45) is 5.92 Å². The normalized spacial score (nSPS) is 24.7. The smallest absolute Gasteiger partial charge is 0.262 e. The van der Waals surface area contributed by atoms with E-state index >= 15 is 4.39 Å². The third kappa shape index (κ3) is 6.86. The van der Waals surface area contributed by atoms with E-state index in [2.05, 4.69) is 25.5 Å². The van der Waals surface area contributed by atoms with E-state index in [1.165, 1.54) is 24.5 Å². The second-order valence-electron chi connectivity index (χ2n) is 15.6. The van der Waals surface area contributed by atoms with Gasteiger partial charge in [-0.3, -0.25) is 34.3 Å². The molecule has 1 aromatic heterocycles. The molecule has 0 spiro atoms. The van der Waals surface area contributed by atoms with Crippen molar-refractivity contribution in [3.05, 3.63) is 75.5 Å². The Bertz CT molecular complexity index is 2370. The summed E-state index contributed by atoms with van der Waals surface area (Å²) in [6.07, 6.45) is 6.95. The van der Waals surface area contributed by atoms with E-state index in [0.717, 1.165) is 56.0 Å². The van der Waals surface area contributed by atoms with Crippen LogP contribution in [-0.4, -0.2) is 94.4 Å². The van der Waals surface area contributed by atoms with Gasteiger partial charge in [-0.15, -0.1) is 0 Å². The molecule has 58 heavy (non-hydrogen) atoms. The predicted molar refractivity (Wildman–Crippen MR) is 211 cm³/mol. The molecule has 1 saturated carbocycles. The van der Waals surface area contributed by atoms with Crippen LogP contribution in [0.5, 0.6) is 11.5 Å². The van der Waals surface area contributed by atoms with Gasteiger partial charge >= 0.3 is 0 Å². The minimum atomic E-state index is -1.11. The summed E-state index contributed by atoms with van der Waals surface area (Å²) < 4.78 is 42.9. The molecule has 17 heteroatoms. The lowest BCUT2D eigenvalue weighted by Crippen LogP contribution is -2.55. The zero-order valence-electron chi connectivity index (χ0n) is 31.4. The molecule has 13 nitrogen and oxygen atoms in total. The number of hydrogen-bond acceptors (Lipinski definition) is 11. The maximum Gasteiger partial charge on any atom is 0.262 e. The first kappa shape index (κ1) is 38.4. The van der Waals surface area contributed by atoms with E-state index in [0.29, 0.717) is 47.2 Å². The lowest BCUT2D eigenvalue weighted by molar-refractivity contribution is -0.136. The number of methoxy groups -OCH3 is 1. The summed E-state index contributed by atoms with van der Waals surface area (Å²) in [6.45, 7) is 2.10. The molecule has 4 amide bonds. The fourth-order valence-electron chi connectivity index (χ4n) is 9.28. The second kappa shape index (κ2) is 15.2. The molecule has 2 bridgehead atoms. The summed E-state index contributed by atoms with van der Waals surface area (Å²) in [5.41, 5.74) is 0.985. The molecule has 3 unspecified atom stereocenters. The van der Waals surface area contributed by atoms with Crippen LogP contribution in [0.3, 0.4) is 0 Å². The average molecular weight is 835 g/mol. The van der Waals surface area contributed by atoms with Gasteiger partial charge in [0.1, 0.15) is 24.0 Å². The zero-order chi connectivity index (χ0) is 40.4. The Kier molecular flexibility index (Phi) is 10.1. The molecule has 2 N–H and O–H groups in total. The number of hydrogen-bond donors (Lipinski definition) is 2. The van der Waals surface area contributed by atoms with Crippen molar-refractivity contribution < 1.29 is 37.4 Å². The highest BCUT2D eigenvalue weighted by molar-refractivity contribution is 6.42. The van der Waals surface area contributed by atoms with Crippen LogP contribution in [-0.2, 0) is 9.59 Å². The fourth-order valence-corrected chi connectivity index (χ4v) is 9.59. The number of aromatic nitrogens is 2. The fraction of sp³-hybridized carbons (Fsp3) is 0.415. The lowest BCUT2D eigenvalue weighted by atomic mass is 9.86. The van der Waals surface area contributed by atoms with Crippen LogP contribution in [0.15, 0.2) is 42.7 Å². The molecule has 0 radical (unpaired) electrons. The number of piperidine rings is 1. The van der Waals surface area contributed by atoms with E-state index in [-0.39, 0.29) is 63.6 Å². The number of fused-ring (bicyclic) bond motifs is 4. The number of nitrogens with one attached hydrogen (secondary N) is 2. The number of amides is 4. The summed E-state index contributed by atoms with van der Waals surface area (Å²) in [4.78, 5) is 65.0. The number of halogens is 4. The largest absolute Gasteiger partial charge is 0.493 e. The molecule has 302 valence electrons. The minimum absolute atomic E-state index is 0.00989. The van der Waals surface area contributed by atoms with Gasteiger partial charge in [-0.1, -0.05) is 23.2 Å². The first-order chi connectivity index (χ1) is 28.0. The van der Waals surface area contributed by atoms with Gasteiger partial charge in [0.2, 0.25) is 11.8 Å². The Labute approximate surface area is 341 Å². The van der Waals surface area contributed by atoms with Crippen molar-refractivity contribution in [3.8, 4) is 11.5 Å². The first-order valence-corrected chi connectivity index (χ1v) is 20.2. The monoisotopic (exact) mass is 833 g/mol. The number of anilines is 3. The van der Waals surface area contributed by atoms with Crippen molar-refractivity contribution in [1.29, 1.82) is 0 Å². The van der Waals surface area contributed by atoms with Gasteiger partial charge < -0.3 is 19.7 Å². The molecule has 3 aromatic carbocycles. The van der Waals surface area contributed by atoms with Gasteiger partial charge in [0.05, 0.1) is 51.3 Å². The van der Waals surface area contributed by atoms with Gasteiger partial charge in [0, 0.05) is 49.6 Å². The molecule has 9 rings (SSSR count). The Morgan fingerprint density at radius 2 is 1.60 bits per heavy atom. The van der Waals surface area contributed by atoms with E-state index in [4.69, 9.17) is 32.7 Å². The standard InChI is InChI=1S/C41H39Cl2F2N7O6/c1-57-33-15-30-26(38(47-19-46-30)48-29-9-8-27(42)36(43)37(29)45)14-34(33)58-23-6-2-20(3-7-23)16-51-21-4-5-22(51)18-50(17-21)32-13-25-24(12-28(32)44)40(55)52(41(25)56)31-10-11-35(53)49-39(31)54/h8-9,12-15,19-23,31H,2-7,10-11,16-18H2,1H3,(H,46,47,48)(H,49,53,54). The summed E-state index contributed by atoms with van der Waals surface area (Å²) in [5.74, 6) is -1.93. The molecule has 4 aromatic rings. The second-order valence-corrected chi connectivity index (χ2v) is 16.4. The van der Waals surface area contributed by atoms with Crippen LogP contribution in [0.2, 0.25) is 10.0 Å². The lowest BCUT2D eigenvalue weighted by Gasteiger charge is -2.44. The van der Waals surface area contributed by atoms with Crippen LogP contribution in [0.25, 0.3) is 10.9 Å². The number of carbonyl (C=O) groups excluding carboxylic acids is 4. The predicted octanol–water partition coefficient (Wildman–Crippen LogP) is 6.66. The third-order valence-electron chi connectivity index (χ3n) is 12.2. The molecule has 1 aliphatic carbocycles. The van der Waals surface area contributed by atoms with Crippen LogP contribution in [0.4, 0.5) is 26.0 Å². The number of carbonyl (C=O) groups is 4. The van der Waals surface area contributed by atoms with Crippen molar-refractivity contribution >= 4 is 74.9 Å². The third-order valence-corrected chi connectivity index (χ3v) is 13.0. The summed E-state index contributed by atoms with van der Waals surface area (Å²) in [7, 11) is 1.57. The summed E-state index contributed by atoms with van der Waals surface area (Å²) >= 11 is 12.0. The molecular weight excluding hydrogens is 795 g/mol. The van der Waals surface area contributed by atoms with E-state index in [1.54, 1.807) is 19.2 Å². The van der Waals surface area contributed by atoms with Crippen molar-refractivity contribution in [3.63, 3.8) is 0 Å². The molecule has 4 fully saturated rings. The minimum Gasteiger partial charge on any atom is -0.493 e. The van der Waals surface area contributed by atoms with Crippen LogP contribution in [0.1, 0.15) is 72.1 Å². The van der Waals surface area contributed by atoms with Crippen molar-refractivity contribution in [2.75, 3.05) is 37.0 Å². The van der Waals surface area contributed by atoms with Crippen LogP contribution >= 0.6 is 23.2 Å². The van der Waals surface area contributed by atoms with E-state index < -0.39 is 41.3 Å². The highest BCUT2D eigenvalue weighted by atomic mass is 35.5. The van der Waals surface area contributed by atoms with Gasteiger partial charge in [-0.2, -0.15) is 0 Å². The molecule has 3 atom stereocenters. The van der Waals surface area contributed by atoms with E-state index in [9.17, 15) is 23.6 Å². The number of piperazine rings is 1. The Morgan fingerprint density at radius 1 is 0.879 bits per heavy atom. The SMILES string of the molecule is COc1cc2ncnc(Nc3ccc(Cl)c(Cl)c3F)c2cc1OC1CCC(CN2C3CCC2CN(c2cc4c(cc2F)C(=O)N(C2CCC(=O)NC2=O)C4=O)C3)CC1. The maximum atomic E-state index is 15.7. The molecule has 4 aliphatic heterocycles. The van der Waals surface area contributed by atoms with Crippen LogP contribution in [0, 0.1) is 17.6 Å². The number of ether oxygens (including phenoxy) is 2. The molecule has 3 saturated heterocycles. The van der Waals surface area contributed by atoms with Gasteiger partial charge in [0.25, 0.3) is 11.8 Å². The topological polar surface area (TPSA) is 146 Å². The van der Waals surface area contributed by atoms with Gasteiger partial charge in [-0.05, 0) is 81.2 Å². The van der Waals surface area contributed by atoms with Gasteiger partial charge in [0.15, 0.2) is 17.3 Å². The van der Waals surface area contributed by atoms with E-state index in [1.807, 2.05) is 4.90 Å². The molecule has 5 heterocycles. The Balaban J connectivity index is 0.834. The number of imide groups is 2. The molecule has 5 aliphatic rings. The van der Waals surface area contributed by atoms with Crippen molar-refractivity contribution in [2.45, 2.75) is 75.6 Å². The number of nitrogens with zero attached hydrogens (tertiary/aromatic N) is 5. The van der Waals surface area contributed by atoms with Crippen LogP contribution < -0.4 is 25.0 Å². The maximum absolute atomic E-state index is 15.7. The zero-order valence-corrected chi connectivity index (χ0v) is 32.9. The highest BCUT2D eigenvalue weighted by Crippen LogP contribution is 2.41. The van der Waals surface area contributed by atoms with Crippen molar-refractivity contribution in [1.82, 2.24) is 25.1 Å². The summed E-state index contributed by atoms with van der Waals surface area (Å²) in [6, 6.07) is 8.45. The average Bonchev–Trinajstić information content (AvgIpc) is 3.58. The summed E-state index contributed by atoms with van der Waals surface area (Å²) in [5, 5.41) is 5.73. The number of rotatable bonds is 9. The quantitative estimate of drug-likeness (QED) is 0.138. The first-order valence-electron chi connectivity index (χ1n) is 19.4. The number of benzene rings is 3. The highest BCUT2D eigenvalue weighted by Gasteiger charge is 2.47. The Hall–Kier alpha value is -5.12. The van der Waals surface area contributed by atoms with Gasteiger partial charge in [-0.25, -0.2) is 18.7 Å². The molecular formula is C41H39Cl2F2N7O6. The Morgan fingerprint density at radius 3 is 2.31 bits per heavy atom.